The third-order valence-corrected chi connectivity index (χ3v) is 2.97. The van der Waals surface area contributed by atoms with E-state index in [1.165, 1.54) is 6.07 Å². The first kappa shape index (κ1) is 12.1. The van der Waals surface area contributed by atoms with Crippen LogP contribution in [0.4, 0.5) is 0 Å². The van der Waals surface area contributed by atoms with Gasteiger partial charge < -0.3 is 9.63 Å². The van der Waals surface area contributed by atoms with Crippen molar-refractivity contribution in [1.82, 2.24) is 5.16 Å². The van der Waals surface area contributed by atoms with Gasteiger partial charge in [-0.25, -0.2) is 4.79 Å². The minimum absolute atomic E-state index is 0.176. The maximum absolute atomic E-state index is 12.3. The minimum atomic E-state index is -1.21. The fourth-order valence-electron chi connectivity index (χ4n) is 1.99. The zero-order valence-corrected chi connectivity index (χ0v) is 10.2. The van der Waals surface area contributed by atoms with E-state index in [0.29, 0.717) is 22.0 Å². The van der Waals surface area contributed by atoms with Crippen molar-refractivity contribution in [2.24, 2.45) is 0 Å². The van der Waals surface area contributed by atoms with Gasteiger partial charge in [0, 0.05) is 11.1 Å². The lowest BCUT2D eigenvalue weighted by Crippen LogP contribution is -2.01. The Labute approximate surface area is 113 Å². The first-order valence-electron chi connectivity index (χ1n) is 5.89. The molecule has 3 aromatic rings. The summed E-state index contributed by atoms with van der Waals surface area (Å²) >= 11 is 0. The van der Waals surface area contributed by atoms with Crippen molar-refractivity contribution >= 4 is 22.7 Å². The van der Waals surface area contributed by atoms with Crippen LogP contribution in [0.2, 0.25) is 0 Å². The monoisotopic (exact) mass is 267 g/mol. The number of aromatic carboxylic acids is 1. The van der Waals surface area contributed by atoms with Crippen LogP contribution in [-0.4, -0.2) is 22.0 Å². The molecule has 0 amide bonds. The Bertz CT molecular complexity index is 805. The fraction of sp³-hybridized carbons (Fsp3) is 0. The molecule has 1 N–H and O–H groups in total. The SMILES string of the molecule is O=C(c1ccccc1)c1ccc2noc(C(=O)O)c2c1. The molecule has 5 nitrogen and oxygen atoms in total. The van der Waals surface area contributed by atoms with Crippen LogP contribution in [0.15, 0.2) is 53.1 Å². The molecule has 0 aliphatic rings. The molecular formula is C15H9NO4. The van der Waals surface area contributed by atoms with E-state index >= 15 is 0 Å². The number of nitrogens with zero attached hydrogens (tertiary/aromatic N) is 1. The predicted octanol–water partition coefficient (Wildman–Crippen LogP) is 2.76. The standard InChI is InChI=1S/C15H9NO4/c17-13(9-4-2-1-3-5-9)10-6-7-12-11(8-10)14(15(18)19)20-16-12/h1-8H,(H,18,19). The van der Waals surface area contributed by atoms with Crippen LogP contribution < -0.4 is 0 Å². The quantitative estimate of drug-likeness (QED) is 0.738. The summed E-state index contributed by atoms with van der Waals surface area (Å²) in [4.78, 5) is 23.3. The number of carbonyl (C=O) groups is 2. The molecule has 1 heterocycles. The van der Waals surface area contributed by atoms with Crippen molar-refractivity contribution in [3.8, 4) is 0 Å². The van der Waals surface area contributed by atoms with Gasteiger partial charge in [-0.3, -0.25) is 4.79 Å². The van der Waals surface area contributed by atoms with E-state index in [2.05, 4.69) is 5.16 Å². The molecule has 3 rings (SSSR count). The summed E-state index contributed by atoms with van der Waals surface area (Å²) in [6.45, 7) is 0. The van der Waals surface area contributed by atoms with Crippen molar-refractivity contribution < 1.29 is 19.2 Å². The van der Waals surface area contributed by atoms with Crippen molar-refractivity contribution in [2.75, 3.05) is 0 Å². The lowest BCUT2D eigenvalue weighted by atomic mass is 10.0. The number of fused-ring (bicyclic) bond motifs is 1. The number of carboxylic acid groups (broad SMARTS) is 1. The second-order valence-corrected chi connectivity index (χ2v) is 4.24. The van der Waals surface area contributed by atoms with Crippen molar-refractivity contribution in [1.29, 1.82) is 0 Å². The maximum atomic E-state index is 12.3. The van der Waals surface area contributed by atoms with Gasteiger partial charge in [0.1, 0.15) is 5.52 Å². The molecule has 0 aliphatic carbocycles. The van der Waals surface area contributed by atoms with Crippen molar-refractivity contribution in [2.45, 2.75) is 0 Å². The Morgan fingerprint density at radius 2 is 1.75 bits per heavy atom. The van der Waals surface area contributed by atoms with Crippen molar-refractivity contribution in [3.63, 3.8) is 0 Å². The second-order valence-electron chi connectivity index (χ2n) is 4.24. The van der Waals surface area contributed by atoms with Crippen LogP contribution in [0.5, 0.6) is 0 Å². The highest BCUT2D eigenvalue weighted by Crippen LogP contribution is 2.21. The molecule has 20 heavy (non-hydrogen) atoms. The summed E-state index contributed by atoms with van der Waals surface area (Å²) in [5.41, 5.74) is 1.35. The summed E-state index contributed by atoms with van der Waals surface area (Å²) in [5.74, 6) is -1.65. The van der Waals surface area contributed by atoms with E-state index in [-0.39, 0.29) is 11.5 Å². The molecule has 0 bridgehead atoms. The Morgan fingerprint density at radius 1 is 1.00 bits per heavy atom. The normalized spacial score (nSPS) is 10.6. The minimum Gasteiger partial charge on any atom is -0.475 e. The third-order valence-electron chi connectivity index (χ3n) is 2.97. The van der Waals surface area contributed by atoms with E-state index in [1.807, 2.05) is 6.07 Å². The zero-order chi connectivity index (χ0) is 14.1. The summed E-state index contributed by atoms with van der Waals surface area (Å²) in [5, 5.41) is 13.0. The van der Waals surface area contributed by atoms with Gasteiger partial charge in [0.25, 0.3) is 5.76 Å². The Hall–Kier alpha value is -2.95. The van der Waals surface area contributed by atoms with Gasteiger partial charge in [-0.15, -0.1) is 0 Å². The van der Waals surface area contributed by atoms with Gasteiger partial charge >= 0.3 is 5.97 Å². The zero-order valence-electron chi connectivity index (χ0n) is 10.2. The topological polar surface area (TPSA) is 80.4 Å². The number of carboxylic acids is 1. The van der Waals surface area contributed by atoms with Crippen LogP contribution in [0.25, 0.3) is 10.9 Å². The summed E-state index contributed by atoms with van der Waals surface area (Å²) in [6.07, 6.45) is 0. The van der Waals surface area contributed by atoms with E-state index in [9.17, 15) is 9.59 Å². The average molecular weight is 267 g/mol. The molecule has 0 unspecified atom stereocenters. The number of rotatable bonds is 3. The van der Waals surface area contributed by atoms with Crippen LogP contribution in [0.3, 0.4) is 0 Å². The number of ketones is 1. The van der Waals surface area contributed by atoms with E-state index in [0.717, 1.165) is 0 Å². The maximum Gasteiger partial charge on any atom is 0.375 e. The van der Waals surface area contributed by atoms with Crippen LogP contribution in [0.1, 0.15) is 26.5 Å². The lowest BCUT2D eigenvalue weighted by molar-refractivity contribution is 0.0655. The van der Waals surface area contributed by atoms with Gasteiger partial charge in [0.2, 0.25) is 0 Å². The summed E-state index contributed by atoms with van der Waals surface area (Å²) < 4.78 is 4.76. The predicted molar refractivity (Wildman–Crippen MR) is 70.8 cm³/mol. The molecule has 0 atom stereocenters. The van der Waals surface area contributed by atoms with Gasteiger partial charge in [0.15, 0.2) is 5.78 Å². The lowest BCUT2D eigenvalue weighted by Gasteiger charge is -2.00. The molecule has 0 aliphatic heterocycles. The van der Waals surface area contributed by atoms with Crippen LogP contribution >= 0.6 is 0 Å². The first-order chi connectivity index (χ1) is 9.66. The Balaban J connectivity index is 2.11. The van der Waals surface area contributed by atoms with Crippen LogP contribution in [-0.2, 0) is 0 Å². The largest absolute Gasteiger partial charge is 0.475 e. The molecule has 5 heteroatoms. The van der Waals surface area contributed by atoms with Crippen molar-refractivity contribution in [3.05, 3.63) is 65.4 Å². The van der Waals surface area contributed by atoms with Gasteiger partial charge in [-0.2, -0.15) is 0 Å². The number of benzene rings is 2. The fourth-order valence-corrected chi connectivity index (χ4v) is 1.99. The smallest absolute Gasteiger partial charge is 0.375 e. The molecule has 2 aromatic carbocycles. The molecule has 0 fully saturated rings. The second kappa shape index (κ2) is 4.62. The number of hydrogen-bond acceptors (Lipinski definition) is 4. The average Bonchev–Trinajstić information content (AvgIpc) is 2.90. The molecule has 0 radical (unpaired) electrons. The van der Waals surface area contributed by atoms with Gasteiger partial charge in [-0.1, -0.05) is 35.5 Å². The molecule has 0 spiro atoms. The van der Waals surface area contributed by atoms with Gasteiger partial charge in [0.05, 0.1) is 5.39 Å². The van der Waals surface area contributed by atoms with E-state index in [1.54, 1.807) is 36.4 Å². The van der Waals surface area contributed by atoms with Gasteiger partial charge in [-0.05, 0) is 18.2 Å². The molecule has 1 aromatic heterocycles. The number of hydrogen-bond donors (Lipinski definition) is 1. The van der Waals surface area contributed by atoms with Crippen LogP contribution in [0, 0.1) is 0 Å². The third kappa shape index (κ3) is 1.95. The highest BCUT2D eigenvalue weighted by atomic mass is 16.5. The summed E-state index contributed by atoms with van der Waals surface area (Å²) in [7, 11) is 0. The highest BCUT2D eigenvalue weighted by molar-refractivity contribution is 6.11. The molecule has 0 saturated carbocycles. The number of aromatic nitrogens is 1. The number of carbonyl (C=O) groups excluding carboxylic acids is 1. The van der Waals surface area contributed by atoms with E-state index in [4.69, 9.17) is 9.63 Å². The summed E-state index contributed by atoms with van der Waals surface area (Å²) in [6, 6.07) is 13.4. The molecule has 0 saturated heterocycles. The Morgan fingerprint density at radius 3 is 2.45 bits per heavy atom. The molecule has 98 valence electrons. The Kier molecular flexibility index (Phi) is 2.80. The molecular weight excluding hydrogens is 258 g/mol. The first-order valence-corrected chi connectivity index (χ1v) is 5.89. The highest BCUT2D eigenvalue weighted by Gasteiger charge is 2.17. The van der Waals surface area contributed by atoms with E-state index < -0.39 is 5.97 Å².